The van der Waals surface area contributed by atoms with Crippen LogP contribution in [0, 0.1) is 0 Å². The summed E-state index contributed by atoms with van der Waals surface area (Å²) in [6, 6.07) is 10.4. The van der Waals surface area contributed by atoms with Crippen LogP contribution in [0.15, 0.2) is 42.6 Å². The lowest BCUT2D eigenvalue weighted by molar-refractivity contribution is 0.0527. The van der Waals surface area contributed by atoms with Crippen LogP contribution in [0.5, 0.6) is 0 Å². The fourth-order valence-electron chi connectivity index (χ4n) is 2.06. The molecule has 2 N–H and O–H groups in total. The number of carbonyl (C=O) groups excluding carboxylic acids is 2. The Hall–Kier alpha value is -2.89. The van der Waals surface area contributed by atoms with Crippen LogP contribution in [0.1, 0.15) is 41.0 Å². The summed E-state index contributed by atoms with van der Waals surface area (Å²) in [7, 11) is 0. The van der Waals surface area contributed by atoms with Crippen molar-refractivity contribution in [2.75, 3.05) is 18.5 Å². The van der Waals surface area contributed by atoms with E-state index in [1.165, 1.54) is 6.20 Å². The van der Waals surface area contributed by atoms with Gasteiger partial charge in [-0.2, -0.15) is 0 Å². The van der Waals surface area contributed by atoms with Gasteiger partial charge in [0.15, 0.2) is 0 Å². The number of hydrogen-bond donors (Lipinski definition) is 2. The van der Waals surface area contributed by atoms with Gasteiger partial charge in [0.25, 0.3) is 5.91 Å². The predicted molar refractivity (Wildman–Crippen MR) is 92.5 cm³/mol. The molecule has 0 atom stereocenters. The summed E-state index contributed by atoms with van der Waals surface area (Å²) in [6.07, 6.45) is 2.38. The second kappa shape index (κ2) is 8.67. The number of anilines is 2. The second-order valence-corrected chi connectivity index (χ2v) is 5.08. The Labute approximate surface area is 141 Å². The predicted octanol–water partition coefficient (Wildman–Crippen LogP) is 3.14. The summed E-state index contributed by atoms with van der Waals surface area (Å²) in [4.78, 5) is 28.0. The van der Waals surface area contributed by atoms with E-state index < -0.39 is 5.97 Å². The van der Waals surface area contributed by atoms with Crippen molar-refractivity contribution in [3.8, 4) is 0 Å². The highest BCUT2D eigenvalue weighted by Gasteiger charge is 2.12. The van der Waals surface area contributed by atoms with Gasteiger partial charge in [0.1, 0.15) is 5.82 Å². The Kier molecular flexibility index (Phi) is 6.31. The summed E-state index contributed by atoms with van der Waals surface area (Å²) < 4.78 is 5.04. The van der Waals surface area contributed by atoms with E-state index in [0.29, 0.717) is 35.8 Å². The summed E-state index contributed by atoms with van der Waals surface area (Å²) in [5, 5.41) is 5.87. The third-order valence-corrected chi connectivity index (χ3v) is 3.25. The molecule has 2 aromatic rings. The number of para-hydroxylation sites is 1. The molecule has 2 rings (SSSR count). The minimum absolute atomic E-state index is 0.150. The summed E-state index contributed by atoms with van der Waals surface area (Å²) in [5.41, 5.74) is 1.53. The maximum Gasteiger partial charge on any atom is 0.340 e. The fourth-order valence-corrected chi connectivity index (χ4v) is 2.06. The topological polar surface area (TPSA) is 80.3 Å². The molecular weight excluding hydrogens is 306 g/mol. The summed E-state index contributed by atoms with van der Waals surface area (Å²) in [6.45, 7) is 4.70. The van der Waals surface area contributed by atoms with Crippen LogP contribution >= 0.6 is 0 Å². The molecule has 1 heterocycles. The van der Waals surface area contributed by atoms with Crippen LogP contribution in [-0.4, -0.2) is 30.0 Å². The van der Waals surface area contributed by atoms with Gasteiger partial charge in [-0.05, 0) is 37.6 Å². The molecule has 0 bridgehead atoms. The maximum atomic E-state index is 12.0. The number of rotatable bonds is 7. The standard InChI is InChI=1S/C18H21N3O3/c1-3-11-19-17(22)13-9-10-16(20-12-13)21-15-8-6-5-7-14(15)18(23)24-4-2/h5-10,12H,3-4,11H2,1-2H3,(H,19,22)(H,20,21). The molecule has 24 heavy (non-hydrogen) atoms. The van der Waals surface area contributed by atoms with Gasteiger partial charge in [0.05, 0.1) is 23.4 Å². The van der Waals surface area contributed by atoms with Crippen molar-refractivity contribution in [3.05, 3.63) is 53.7 Å². The third-order valence-electron chi connectivity index (χ3n) is 3.25. The Bertz CT molecular complexity index is 699. The number of benzene rings is 1. The molecule has 0 saturated heterocycles. The number of amides is 1. The molecule has 6 heteroatoms. The summed E-state index contributed by atoms with van der Waals surface area (Å²) in [5.74, 6) is -0.00206. The molecule has 0 unspecified atom stereocenters. The number of ether oxygens (including phenoxy) is 1. The number of carbonyl (C=O) groups is 2. The molecule has 0 aliphatic rings. The van der Waals surface area contributed by atoms with E-state index in [1.54, 1.807) is 37.3 Å². The quantitative estimate of drug-likeness (QED) is 0.764. The zero-order valence-electron chi connectivity index (χ0n) is 13.8. The van der Waals surface area contributed by atoms with Gasteiger partial charge < -0.3 is 15.4 Å². The lowest BCUT2D eigenvalue weighted by Crippen LogP contribution is -2.24. The molecule has 0 aliphatic carbocycles. The first-order valence-electron chi connectivity index (χ1n) is 7.93. The van der Waals surface area contributed by atoms with E-state index in [9.17, 15) is 9.59 Å². The minimum Gasteiger partial charge on any atom is -0.462 e. The third kappa shape index (κ3) is 4.55. The Balaban J connectivity index is 2.12. The Morgan fingerprint density at radius 3 is 2.58 bits per heavy atom. The minimum atomic E-state index is -0.392. The first kappa shape index (κ1) is 17.5. The van der Waals surface area contributed by atoms with Crippen molar-refractivity contribution in [2.24, 2.45) is 0 Å². The second-order valence-electron chi connectivity index (χ2n) is 5.08. The van der Waals surface area contributed by atoms with Crippen molar-refractivity contribution in [3.63, 3.8) is 0 Å². The van der Waals surface area contributed by atoms with E-state index >= 15 is 0 Å². The van der Waals surface area contributed by atoms with Gasteiger partial charge in [-0.25, -0.2) is 9.78 Å². The monoisotopic (exact) mass is 327 g/mol. The zero-order valence-corrected chi connectivity index (χ0v) is 13.8. The van der Waals surface area contributed by atoms with Crippen LogP contribution in [0.3, 0.4) is 0 Å². The Morgan fingerprint density at radius 1 is 1.12 bits per heavy atom. The van der Waals surface area contributed by atoms with Crippen LogP contribution in [-0.2, 0) is 4.74 Å². The number of hydrogen-bond acceptors (Lipinski definition) is 5. The molecule has 1 amide bonds. The average Bonchev–Trinajstić information content (AvgIpc) is 2.61. The number of aromatic nitrogens is 1. The van der Waals surface area contributed by atoms with E-state index in [-0.39, 0.29) is 5.91 Å². The Morgan fingerprint density at radius 2 is 1.92 bits per heavy atom. The highest BCUT2D eigenvalue weighted by Crippen LogP contribution is 2.20. The van der Waals surface area contributed by atoms with Crippen molar-refractivity contribution < 1.29 is 14.3 Å². The molecule has 6 nitrogen and oxygen atoms in total. The van der Waals surface area contributed by atoms with Gasteiger partial charge in [0.2, 0.25) is 0 Å². The first-order valence-corrected chi connectivity index (χ1v) is 7.93. The highest BCUT2D eigenvalue weighted by molar-refractivity contribution is 5.96. The molecule has 1 aromatic carbocycles. The number of nitrogens with zero attached hydrogens (tertiary/aromatic N) is 1. The smallest absolute Gasteiger partial charge is 0.340 e. The van der Waals surface area contributed by atoms with Gasteiger partial charge in [0, 0.05) is 12.7 Å². The first-order chi connectivity index (χ1) is 11.7. The maximum absolute atomic E-state index is 12.0. The molecule has 1 aromatic heterocycles. The van der Waals surface area contributed by atoms with Crippen LogP contribution in [0.25, 0.3) is 0 Å². The van der Waals surface area contributed by atoms with Crippen molar-refractivity contribution >= 4 is 23.4 Å². The van der Waals surface area contributed by atoms with E-state index in [4.69, 9.17) is 4.74 Å². The van der Waals surface area contributed by atoms with E-state index in [0.717, 1.165) is 6.42 Å². The molecular formula is C18H21N3O3. The lowest BCUT2D eigenvalue weighted by atomic mass is 10.1. The van der Waals surface area contributed by atoms with Crippen LogP contribution in [0.4, 0.5) is 11.5 Å². The number of pyridine rings is 1. The fraction of sp³-hybridized carbons (Fsp3) is 0.278. The van der Waals surface area contributed by atoms with Crippen LogP contribution in [0.2, 0.25) is 0 Å². The zero-order chi connectivity index (χ0) is 17.4. The van der Waals surface area contributed by atoms with E-state index in [1.807, 2.05) is 13.0 Å². The van der Waals surface area contributed by atoms with Crippen molar-refractivity contribution in [2.45, 2.75) is 20.3 Å². The SMILES string of the molecule is CCCNC(=O)c1ccc(Nc2ccccc2C(=O)OCC)nc1. The van der Waals surface area contributed by atoms with Gasteiger partial charge in [-0.1, -0.05) is 19.1 Å². The van der Waals surface area contributed by atoms with Gasteiger partial charge in [-0.15, -0.1) is 0 Å². The summed E-state index contributed by atoms with van der Waals surface area (Å²) >= 11 is 0. The van der Waals surface area contributed by atoms with Gasteiger partial charge in [-0.3, -0.25) is 4.79 Å². The van der Waals surface area contributed by atoms with Crippen LogP contribution < -0.4 is 10.6 Å². The molecule has 0 radical (unpaired) electrons. The number of nitrogens with one attached hydrogen (secondary N) is 2. The molecule has 0 fully saturated rings. The lowest BCUT2D eigenvalue weighted by Gasteiger charge is -2.11. The van der Waals surface area contributed by atoms with Crippen molar-refractivity contribution in [1.82, 2.24) is 10.3 Å². The molecule has 0 spiro atoms. The molecule has 0 aliphatic heterocycles. The average molecular weight is 327 g/mol. The van der Waals surface area contributed by atoms with Crippen molar-refractivity contribution in [1.29, 1.82) is 0 Å². The van der Waals surface area contributed by atoms with Gasteiger partial charge >= 0.3 is 5.97 Å². The largest absolute Gasteiger partial charge is 0.462 e. The number of esters is 1. The normalized spacial score (nSPS) is 10.1. The molecule has 0 saturated carbocycles. The highest BCUT2D eigenvalue weighted by atomic mass is 16.5. The molecule has 126 valence electrons. The van der Waals surface area contributed by atoms with E-state index in [2.05, 4.69) is 15.6 Å².